The summed E-state index contributed by atoms with van der Waals surface area (Å²) in [6, 6.07) is 47.6. The van der Waals surface area contributed by atoms with Gasteiger partial charge in [0.25, 0.3) is 0 Å². The van der Waals surface area contributed by atoms with E-state index in [2.05, 4.69) is 200 Å². The molecule has 0 fully saturated rings. The number of hydrogen-bond acceptors (Lipinski definition) is 2. The molecule has 2 aromatic heterocycles. The van der Waals surface area contributed by atoms with Gasteiger partial charge in [-0.1, -0.05) is 140 Å². The molecule has 11 rings (SSSR count). The number of nitrogens with one attached hydrogen (secondary N) is 1. The van der Waals surface area contributed by atoms with Gasteiger partial charge >= 0.3 is 0 Å². The van der Waals surface area contributed by atoms with Gasteiger partial charge < -0.3 is 14.3 Å². The molecule has 0 amide bonds. The Hall–Kier alpha value is -6.00. The lowest BCUT2D eigenvalue weighted by molar-refractivity contribution is 0.590. The molecule has 0 saturated heterocycles. The van der Waals surface area contributed by atoms with Gasteiger partial charge in [-0.15, -0.1) is 0 Å². The van der Waals surface area contributed by atoms with Gasteiger partial charge in [0, 0.05) is 61.2 Å². The van der Waals surface area contributed by atoms with Crippen LogP contribution in [-0.2, 0) is 16.2 Å². The maximum Gasteiger partial charge on any atom is 0.197 e. The van der Waals surface area contributed by atoms with Crippen molar-refractivity contribution in [2.45, 2.75) is 71.6 Å². The Kier molecular flexibility index (Phi) is 6.94. The van der Waals surface area contributed by atoms with Crippen molar-refractivity contribution in [2.24, 2.45) is 0 Å². The Labute approximate surface area is 335 Å². The first-order valence-electron chi connectivity index (χ1n) is 20.3. The Morgan fingerprint density at radius 3 is 2.09 bits per heavy atom. The van der Waals surface area contributed by atoms with Crippen molar-refractivity contribution >= 4 is 73.3 Å². The number of aromatic nitrogens is 1. The van der Waals surface area contributed by atoms with Crippen LogP contribution in [0.5, 0.6) is 0 Å². The SMILES string of the molecule is CC(C)(C)c1ccc(Nc2ccc(C(C)(C)C)cc2-c2ccc3c4cc5c(cc4n4c3c2[B]c2cc3c(cc2-4)C(C)(C)c2ccccc2-3)oc2ccccc25)cc1. The zero-order chi connectivity index (χ0) is 39.2. The van der Waals surface area contributed by atoms with Crippen molar-refractivity contribution in [2.75, 3.05) is 5.32 Å². The number of anilines is 2. The molecule has 3 heterocycles. The minimum atomic E-state index is -0.115. The summed E-state index contributed by atoms with van der Waals surface area (Å²) in [5, 5.41) is 8.65. The predicted molar refractivity (Wildman–Crippen MR) is 243 cm³/mol. The molecular weight excluding hydrogens is 691 g/mol. The lowest BCUT2D eigenvalue weighted by Crippen LogP contribution is -2.37. The van der Waals surface area contributed by atoms with Crippen molar-refractivity contribution in [3.63, 3.8) is 0 Å². The van der Waals surface area contributed by atoms with Crippen LogP contribution in [0.3, 0.4) is 0 Å². The van der Waals surface area contributed by atoms with Crippen LogP contribution < -0.4 is 16.2 Å². The summed E-state index contributed by atoms with van der Waals surface area (Å²) >= 11 is 0. The lowest BCUT2D eigenvalue weighted by atomic mass is 9.58. The zero-order valence-electron chi connectivity index (χ0n) is 34.1. The maximum atomic E-state index is 6.55. The van der Waals surface area contributed by atoms with Crippen LogP contribution >= 0.6 is 0 Å². The van der Waals surface area contributed by atoms with E-state index < -0.39 is 0 Å². The third-order valence-corrected chi connectivity index (χ3v) is 12.9. The van der Waals surface area contributed by atoms with Gasteiger partial charge in [0.1, 0.15) is 11.2 Å². The maximum absolute atomic E-state index is 6.55. The van der Waals surface area contributed by atoms with Crippen LogP contribution in [0.15, 0.2) is 132 Å². The van der Waals surface area contributed by atoms with E-state index in [-0.39, 0.29) is 16.2 Å². The number of fused-ring (bicyclic) bond motifs is 11. The van der Waals surface area contributed by atoms with Crippen LogP contribution in [0.1, 0.15) is 77.6 Å². The number of nitrogens with zero attached hydrogens (tertiary/aromatic N) is 1. The standard InChI is InChI=1S/C53H46BN2O/c1-51(2,3)30-17-20-32(21-18-30)55-44-24-19-31(52(4,5)6)25-38(44)35-22-23-36-39-26-40-34-14-10-12-16-47(34)57-48(40)29-45(39)56-46-28-42-37(27-43(46)54-49(35)50(36)56)33-13-9-11-15-41(33)53(42,7)8/h9-29,55H,1-8H3. The summed E-state index contributed by atoms with van der Waals surface area (Å²) in [5.41, 5.74) is 20.5. The molecule has 9 aromatic rings. The molecule has 3 nitrogen and oxygen atoms in total. The predicted octanol–water partition coefficient (Wildman–Crippen LogP) is 13.0. The third kappa shape index (κ3) is 4.99. The van der Waals surface area contributed by atoms with Crippen LogP contribution in [0.25, 0.3) is 71.7 Å². The summed E-state index contributed by atoms with van der Waals surface area (Å²) in [7, 11) is 2.46. The first-order valence-corrected chi connectivity index (χ1v) is 20.3. The molecule has 277 valence electrons. The van der Waals surface area contributed by atoms with E-state index in [1.807, 2.05) is 0 Å². The van der Waals surface area contributed by atoms with E-state index in [1.165, 1.54) is 82.9 Å². The molecule has 4 heteroatoms. The van der Waals surface area contributed by atoms with Crippen molar-refractivity contribution in [3.05, 3.63) is 150 Å². The summed E-state index contributed by atoms with van der Waals surface area (Å²) in [4.78, 5) is 0. The minimum absolute atomic E-state index is 0.0220. The Bertz CT molecular complexity index is 3160. The topological polar surface area (TPSA) is 30.1 Å². The smallest absolute Gasteiger partial charge is 0.197 e. The summed E-state index contributed by atoms with van der Waals surface area (Å²) in [5.74, 6) is 0. The van der Waals surface area contributed by atoms with Crippen molar-refractivity contribution in [1.29, 1.82) is 0 Å². The lowest BCUT2D eigenvalue weighted by Gasteiger charge is -2.28. The molecule has 2 aliphatic rings. The molecule has 7 aromatic carbocycles. The van der Waals surface area contributed by atoms with Gasteiger partial charge in [-0.05, 0) is 97.7 Å². The fourth-order valence-corrected chi connectivity index (χ4v) is 9.75. The second kappa shape index (κ2) is 11.5. The Morgan fingerprint density at radius 1 is 0.561 bits per heavy atom. The van der Waals surface area contributed by atoms with Gasteiger partial charge in [0.15, 0.2) is 7.28 Å². The van der Waals surface area contributed by atoms with Crippen LogP contribution in [0.4, 0.5) is 11.4 Å². The van der Waals surface area contributed by atoms with E-state index in [1.54, 1.807) is 0 Å². The molecule has 1 aliphatic heterocycles. The van der Waals surface area contributed by atoms with E-state index in [9.17, 15) is 0 Å². The van der Waals surface area contributed by atoms with E-state index in [4.69, 9.17) is 4.42 Å². The number of hydrogen-bond donors (Lipinski definition) is 1. The van der Waals surface area contributed by atoms with Gasteiger partial charge in [-0.25, -0.2) is 0 Å². The van der Waals surface area contributed by atoms with Crippen molar-refractivity contribution < 1.29 is 4.42 Å². The monoisotopic (exact) mass is 737 g/mol. The van der Waals surface area contributed by atoms with E-state index in [0.717, 1.165) is 33.3 Å². The average molecular weight is 738 g/mol. The number of furan rings is 1. The van der Waals surface area contributed by atoms with Crippen LogP contribution in [0.2, 0.25) is 0 Å². The first kappa shape index (κ1) is 34.3. The summed E-state index contributed by atoms with van der Waals surface area (Å²) < 4.78 is 9.09. The van der Waals surface area contributed by atoms with Gasteiger partial charge in [-0.2, -0.15) is 0 Å². The first-order chi connectivity index (χ1) is 27.3. The van der Waals surface area contributed by atoms with Gasteiger partial charge in [0.2, 0.25) is 0 Å². The summed E-state index contributed by atoms with van der Waals surface area (Å²) in [6.07, 6.45) is 0. The fraction of sp³-hybridized carbons (Fsp3) is 0.208. The fourth-order valence-electron chi connectivity index (χ4n) is 9.75. The second-order valence-corrected chi connectivity index (χ2v) is 19.0. The third-order valence-electron chi connectivity index (χ3n) is 12.9. The molecule has 57 heavy (non-hydrogen) atoms. The number of benzene rings is 7. The Morgan fingerprint density at radius 2 is 1.30 bits per heavy atom. The molecule has 0 bridgehead atoms. The highest BCUT2D eigenvalue weighted by molar-refractivity contribution is 6.73. The molecule has 0 atom stereocenters. The van der Waals surface area contributed by atoms with Crippen molar-refractivity contribution in [3.8, 4) is 27.9 Å². The molecule has 1 N–H and O–H groups in total. The van der Waals surface area contributed by atoms with Crippen LogP contribution in [0, 0.1) is 0 Å². The Balaban J connectivity index is 1.20. The molecule has 1 aliphatic carbocycles. The highest BCUT2D eigenvalue weighted by Crippen LogP contribution is 2.50. The quantitative estimate of drug-likeness (QED) is 0.183. The molecular formula is C53H46BN2O. The summed E-state index contributed by atoms with van der Waals surface area (Å²) in [6.45, 7) is 18.5. The van der Waals surface area contributed by atoms with E-state index in [0.29, 0.717) is 0 Å². The zero-order valence-corrected chi connectivity index (χ0v) is 34.1. The molecule has 1 radical (unpaired) electrons. The highest BCUT2D eigenvalue weighted by Gasteiger charge is 2.38. The van der Waals surface area contributed by atoms with Gasteiger partial charge in [-0.3, -0.25) is 0 Å². The molecule has 0 spiro atoms. The largest absolute Gasteiger partial charge is 0.456 e. The van der Waals surface area contributed by atoms with Gasteiger partial charge in [0.05, 0.1) is 5.52 Å². The molecule has 0 saturated carbocycles. The number of rotatable bonds is 3. The highest BCUT2D eigenvalue weighted by atomic mass is 16.3. The normalized spacial score (nSPS) is 14.2. The van der Waals surface area contributed by atoms with Crippen molar-refractivity contribution in [1.82, 2.24) is 4.57 Å². The number of para-hydroxylation sites is 1. The minimum Gasteiger partial charge on any atom is -0.456 e. The van der Waals surface area contributed by atoms with Crippen LogP contribution in [-0.4, -0.2) is 11.8 Å². The average Bonchev–Trinajstić information content (AvgIpc) is 3.79. The molecule has 0 unspecified atom stereocenters. The van der Waals surface area contributed by atoms with E-state index >= 15 is 0 Å². The second-order valence-electron chi connectivity index (χ2n) is 19.0.